The van der Waals surface area contributed by atoms with Crippen LogP contribution in [0.15, 0.2) is 42.5 Å². The number of ether oxygens (including phenoxy) is 1. The first kappa shape index (κ1) is 20.4. The smallest absolute Gasteiger partial charge is 0.338 e. The fourth-order valence-corrected chi connectivity index (χ4v) is 2.64. The molecular weight excluding hydrogens is 372 g/mol. The summed E-state index contributed by atoms with van der Waals surface area (Å²) in [5.74, 6) is -1.17. The third-order valence-corrected chi connectivity index (χ3v) is 4.39. The summed E-state index contributed by atoms with van der Waals surface area (Å²) in [6.07, 6.45) is 0. The van der Waals surface area contributed by atoms with E-state index in [9.17, 15) is 19.7 Å². The molecule has 0 aliphatic rings. The van der Waals surface area contributed by atoms with Gasteiger partial charge in [0, 0.05) is 29.8 Å². The summed E-state index contributed by atoms with van der Waals surface area (Å²) in [6, 6.07) is 10.3. The standard InChI is InChI=1S/C19H19ClN2O5/c1-4-27-19(24)15-9-14(10-17(11-15)22(25)26)18(23)21(3)12(2)13-5-7-16(20)8-6-13/h5-12H,4H2,1-3H3. The number of amides is 1. The number of nitro groups is 1. The average Bonchev–Trinajstić information content (AvgIpc) is 2.66. The van der Waals surface area contributed by atoms with Crippen LogP contribution < -0.4 is 0 Å². The Labute approximate surface area is 161 Å². The summed E-state index contributed by atoms with van der Waals surface area (Å²) < 4.78 is 4.89. The molecule has 0 saturated carbocycles. The van der Waals surface area contributed by atoms with Gasteiger partial charge in [-0.25, -0.2) is 4.79 Å². The van der Waals surface area contributed by atoms with Crippen LogP contribution in [0.4, 0.5) is 5.69 Å². The lowest BCUT2D eigenvalue weighted by atomic mass is 10.0. The Bertz CT molecular complexity index is 867. The topological polar surface area (TPSA) is 89.8 Å². The number of rotatable bonds is 6. The lowest BCUT2D eigenvalue weighted by Gasteiger charge is -2.25. The zero-order valence-corrected chi connectivity index (χ0v) is 15.9. The quantitative estimate of drug-likeness (QED) is 0.417. The number of non-ortho nitro benzene ring substituents is 1. The van der Waals surface area contributed by atoms with Gasteiger partial charge in [0.05, 0.1) is 23.1 Å². The Morgan fingerprint density at radius 1 is 1.19 bits per heavy atom. The molecule has 0 bridgehead atoms. The van der Waals surface area contributed by atoms with Crippen molar-refractivity contribution in [1.29, 1.82) is 0 Å². The summed E-state index contributed by atoms with van der Waals surface area (Å²) in [7, 11) is 1.59. The first-order valence-corrected chi connectivity index (χ1v) is 8.61. The highest BCUT2D eigenvalue weighted by molar-refractivity contribution is 6.30. The molecule has 2 aromatic rings. The fourth-order valence-electron chi connectivity index (χ4n) is 2.52. The molecule has 0 spiro atoms. The van der Waals surface area contributed by atoms with E-state index in [1.54, 1.807) is 38.2 Å². The minimum Gasteiger partial charge on any atom is -0.462 e. The number of hydrogen-bond acceptors (Lipinski definition) is 5. The highest BCUT2D eigenvalue weighted by atomic mass is 35.5. The molecular formula is C19H19ClN2O5. The largest absolute Gasteiger partial charge is 0.462 e. The Balaban J connectivity index is 2.36. The molecule has 0 N–H and O–H groups in total. The Morgan fingerprint density at radius 3 is 2.33 bits per heavy atom. The van der Waals surface area contributed by atoms with Crippen molar-refractivity contribution in [1.82, 2.24) is 4.90 Å². The van der Waals surface area contributed by atoms with Crippen LogP contribution in [0.1, 0.15) is 46.2 Å². The summed E-state index contributed by atoms with van der Waals surface area (Å²) in [6.45, 7) is 3.58. The van der Waals surface area contributed by atoms with Crippen molar-refractivity contribution in [2.75, 3.05) is 13.7 Å². The lowest BCUT2D eigenvalue weighted by molar-refractivity contribution is -0.384. The van der Waals surface area contributed by atoms with E-state index in [2.05, 4.69) is 0 Å². The second-order valence-electron chi connectivity index (χ2n) is 5.89. The molecule has 0 heterocycles. The van der Waals surface area contributed by atoms with Gasteiger partial charge < -0.3 is 9.64 Å². The number of carbonyl (C=O) groups excluding carboxylic acids is 2. The van der Waals surface area contributed by atoms with E-state index in [0.717, 1.165) is 17.7 Å². The molecule has 0 aliphatic heterocycles. The Morgan fingerprint density at radius 2 is 1.78 bits per heavy atom. The maximum atomic E-state index is 12.9. The highest BCUT2D eigenvalue weighted by Crippen LogP contribution is 2.25. The van der Waals surface area contributed by atoms with Gasteiger partial charge in [-0.3, -0.25) is 14.9 Å². The highest BCUT2D eigenvalue weighted by Gasteiger charge is 2.23. The summed E-state index contributed by atoms with van der Waals surface area (Å²) in [5, 5.41) is 11.8. The third-order valence-electron chi connectivity index (χ3n) is 4.14. The molecule has 7 nitrogen and oxygen atoms in total. The van der Waals surface area contributed by atoms with Crippen LogP contribution in [0.25, 0.3) is 0 Å². The van der Waals surface area contributed by atoms with E-state index in [1.807, 2.05) is 6.92 Å². The van der Waals surface area contributed by atoms with Crippen molar-refractivity contribution in [3.05, 3.63) is 74.3 Å². The van der Waals surface area contributed by atoms with E-state index < -0.39 is 16.8 Å². The second-order valence-corrected chi connectivity index (χ2v) is 6.33. The van der Waals surface area contributed by atoms with Gasteiger partial charge in [0.2, 0.25) is 0 Å². The van der Waals surface area contributed by atoms with Crippen molar-refractivity contribution in [3.63, 3.8) is 0 Å². The summed E-state index contributed by atoms with van der Waals surface area (Å²) >= 11 is 5.89. The van der Waals surface area contributed by atoms with Crippen molar-refractivity contribution in [2.24, 2.45) is 0 Å². The average molecular weight is 391 g/mol. The van der Waals surface area contributed by atoms with Gasteiger partial charge in [0.25, 0.3) is 11.6 Å². The van der Waals surface area contributed by atoms with Crippen LogP contribution in [0, 0.1) is 10.1 Å². The maximum Gasteiger partial charge on any atom is 0.338 e. The van der Waals surface area contributed by atoms with Crippen LogP contribution in [0.2, 0.25) is 5.02 Å². The fraction of sp³-hybridized carbons (Fsp3) is 0.263. The van der Waals surface area contributed by atoms with E-state index in [-0.39, 0.29) is 29.5 Å². The summed E-state index contributed by atoms with van der Waals surface area (Å²) in [4.78, 5) is 36.8. The SMILES string of the molecule is CCOC(=O)c1cc(C(=O)N(C)C(C)c2ccc(Cl)cc2)cc([N+](=O)[O-])c1. The molecule has 0 radical (unpaired) electrons. The predicted molar refractivity (Wildman–Crippen MR) is 101 cm³/mol. The van der Waals surface area contributed by atoms with Gasteiger partial charge in [-0.15, -0.1) is 0 Å². The van der Waals surface area contributed by atoms with E-state index in [4.69, 9.17) is 16.3 Å². The van der Waals surface area contributed by atoms with Crippen molar-refractivity contribution < 1.29 is 19.2 Å². The van der Waals surface area contributed by atoms with Gasteiger partial charge in [-0.05, 0) is 37.6 Å². The number of benzene rings is 2. The zero-order valence-electron chi connectivity index (χ0n) is 15.1. The molecule has 1 amide bonds. The number of carbonyl (C=O) groups is 2. The maximum absolute atomic E-state index is 12.9. The molecule has 142 valence electrons. The van der Waals surface area contributed by atoms with Crippen LogP contribution >= 0.6 is 11.6 Å². The second kappa shape index (κ2) is 8.64. The van der Waals surface area contributed by atoms with Gasteiger partial charge in [-0.2, -0.15) is 0 Å². The number of hydrogen-bond donors (Lipinski definition) is 0. The van der Waals surface area contributed by atoms with Gasteiger partial charge in [-0.1, -0.05) is 23.7 Å². The predicted octanol–water partition coefficient (Wildman–Crippen LogP) is 4.26. The first-order chi connectivity index (χ1) is 12.7. The molecule has 8 heteroatoms. The number of nitro benzene ring substituents is 1. The van der Waals surface area contributed by atoms with Crippen LogP contribution in [0.3, 0.4) is 0 Å². The lowest BCUT2D eigenvalue weighted by Crippen LogP contribution is -2.30. The van der Waals surface area contributed by atoms with Crippen molar-refractivity contribution >= 4 is 29.2 Å². The monoisotopic (exact) mass is 390 g/mol. The number of esters is 1. The van der Waals surface area contributed by atoms with Crippen molar-refractivity contribution in [3.8, 4) is 0 Å². The molecule has 2 aromatic carbocycles. The van der Waals surface area contributed by atoms with Crippen molar-refractivity contribution in [2.45, 2.75) is 19.9 Å². The molecule has 0 aliphatic carbocycles. The molecule has 0 fully saturated rings. The summed E-state index contributed by atoms with van der Waals surface area (Å²) in [5.41, 5.74) is 0.500. The van der Waals surface area contributed by atoms with Gasteiger partial charge >= 0.3 is 5.97 Å². The van der Waals surface area contributed by atoms with E-state index in [0.29, 0.717) is 5.02 Å². The number of halogens is 1. The Kier molecular flexibility index (Phi) is 6.52. The van der Waals surface area contributed by atoms with Gasteiger partial charge in [0.1, 0.15) is 0 Å². The third kappa shape index (κ3) is 4.83. The molecule has 2 rings (SSSR count). The van der Waals surface area contributed by atoms with E-state index >= 15 is 0 Å². The van der Waals surface area contributed by atoms with Crippen LogP contribution in [-0.2, 0) is 4.74 Å². The first-order valence-electron chi connectivity index (χ1n) is 8.23. The minimum absolute atomic E-state index is 0.0376. The Hall–Kier alpha value is -2.93. The molecule has 0 saturated heterocycles. The molecule has 1 unspecified atom stereocenters. The molecule has 27 heavy (non-hydrogen) atoms. The van der Waals surface area contributed by atoms with E-state index in [1.165, 1.54) is 11.0 Å². The number of nitrogens with zero attached hydrogens (tertiary/aromatic N) is 2. The van der Waals surface area contributed by atoms with Gasteiger partial charge in [0.15, 0.2) is 0 Å². The van der Waals surface area contributed by atoms with Crippen LogP contribution in [-0.4, -0.2) is 35.4 Å². The molecule has 1 atom stereocenters. The van der Waals surface area contributed by atoms with Crippen LogP contribution in [0.5, 0.6) is 0 Å². The minimum atomic E-state index is -0.719. The normalized spacial score (nSPS) is 11.6. The molecule has 0 aromatic heterocycles. The zero-order chi connectivity index (χ0) is 20.1.